The molecule has 0 saturated heterocycles. The number of hydrogen-bond donors (Lipinski definition) is 3. The number of nitrogens with one attached hydrogen (secondary N) is 2. The van der Waals surface area contributed by atoms with Gasteiger partial charge in [-0.1, -0.05) is 30.3 Å². The molecule has 0 spiro atoms. The van der Waals surface area contributed by atoms with Gasteiger partial charge in [-0.05, 0) is 35.6 Å². The van der Waals surface area contributed by atoms with Gasteiger partial charge in [0.1, 0.15) is 0 Å². The van der Waals surface area contributed by atoms with E-state index in [1.807, 2.05) is 24.3 Å². The van der Waals surface area contributed by atoms with Gasteiger partial charge in [0.15, 0.2) is 5.75 Å². The summed E-state index contributed by atoms with van der Waals surface area (Å²) in [4.78, 5) is 22.6. The molecule has 1 atom stereocenters. The van der Waals surface area contributed by atoms with Crippen LogP contribution in [0.3, 0.4) is 0 Å². The second-order valence-corrected chi connectivity index (χ2v) is 6.09. The minimum absolute atomic E-state index is 0.351. The first-order valence-corrected chi connectivity index (χ1v) is 7.91. The molecule has 1 aliphatic heterocycles. The fraction of sp³-hybridized carbons (Fsp3) is 0.167. The average molecular weight is 337 g/mol. The van der Waals surface area contributed by atoms with E-state index in [-0.39, 0.29) is 11.7 Å². The molecule has 1 heterocycles. The Balaban J connectivity index is 1.85. The van der Waals surface area contributed by atoms with Gasteiger partial charge in [0, 0.05) is 11.6 Å². The van der Waals surface area contributed by atoms with Crippen molar-refractivity contribution in [2.24, 2.45) is 0 Å². The number of urea groups is 1. The van der Waals surface area contributed by atoms with Gasteiger partial charge < -0.3 is 15.7 Å². The molecule has 0 saturated carbocycles. The Bertz CT molecular complexity index is 936. The zero-order chi connectivity index (χ0) is 17.6. The highest BCUT2D eigenvalue weighted by Gasteiger charge is 2.32. The van der Waals surface area contributed by atoms with Crippen LogP contribution in [0.1, 0.15) is 29.2 Å². The second kappa shape index (κ2) is 5.62. The summed E-state index contributed by atoms with van der Waals surface area (Å²) in [5.74, 6) is -0.391. The summed E-state index contributed by atoms with van der Waals surface area (Å²) in [6.07, 6.45) is 1.57. The smallest absolute Gasteiger partial charge is 0.319 e. The van der Waals surface area contributed by atoms with E-state index in [1.165, 1.54) is 17.7 Å². The van der Waals surface area contributed by atoms with Gasteiger partial charge in [0.2, 0.25) is 0 Å². The van der Waals surface area contributed by atoms with Crippen molar-refractivity contribution < 1.29 is 14.8 Å². The van der Waals surface area contributed by atoms with E-state index in [0.717, 1.165) is 29.7 Å². The highest BCUT2D eigenvalue weighted by molar-refractivity contribution is 5.91. The molecule has 3 N–H and O–H groups in total. The normalized spacial score (nSPS) is 18.7. The number of benzene rings is 2. The van der Waals surface area contributed by atoms with Crippen molar-refractivity contribution in [1.82, 2.24) is 10.6 Å². The highest BCUT2D eigenvalue weighted by Crippen LogP contribution is 2.40. The Morgan fingerprint density at radius 1 is 1.16 bits per heavy atom. The van der Waals surface area contributed by atoms with Crippen LogP contribution in [-0.4, -0.2) is 16.1 Å². The first kappa shape index (κ1) is 15.2. The van der Waals surface area contributed by atoms with Crippen molar-refractivity contribution in [2.75, 3.05) is 0 Å². The number of phenolic OH excluding ortho intramolecular Hbond substituents is 1. The molecule has 1 unspecified atom stereocenters. The maximum Gasteiger partial charge on any atom is 0.319 e. The van der Waals surface area contributed by atoms with E-state index in [2.05, 4.69) is 10.6 Å². The first-order chi connectivity index (χ1) is 12.0. The van der Waals surface area contributed by atoms with Crippen LogP contribution in [0.4, 0.5) is 10.5 Å². The SMILES string of the molecule is O=C1NC2=C(CCc3ccccc32)C(c2ccc(O)c([N+](=O)[O-])c2)N1. The number of carbonyl (C=O) groups excluding carboxylic acids is 1. The van der Waals surface area contributed by atoms with Crippen molar-refractivity contribution in [2.45, 2.75) is 18.9 Å². The number of nitro benzene ring substituents is 1. The van der Waals surface area contributed by atoms with Gasteiger partial charge >= 0.3 is 11.7 Å². The Kier molecular flexibility index (Phi) is 3.42. The van der Waals surface area contributed by atoms with E-state index in [0.29, 0.717) is 5.56 Å². The fourth-order valence-electron chi connectivity index (χ4n) is 3.50. The molecule has 25 heavy (non-hydrogen) atoms. The molecule has 0 aromatic heterocycles. The standard InChI is InChI=1S/C18H15N3O4/c22-15-8-6-11(9-14(15)21(24)25)16-13-7-5-10-3-1-2-4-12(10)17(13)20-18(23)19-16/h1-4,6,8-9,16,22H,5,7H2,(H2,19,20,23). The number of aromatic hydroxyl groups is 1. The topological polar surface area (TPSA) is 104 Å². The van der Waals surface area contributed by atoms with Crippen molar-refractivity contribution in [3.8, 4) is 5.75 Å². The predicted molar refractivity (Wildman–Crippen MR) is 90.9 cm³/mol. The summed E-state index contributed by atoms with van der Waals surface area (Å²) in [6, 6.07) is 11.3. The van der Waals surface area contributed by atoms with Crippen LogP contribution < -0.4 is 10.6 Å². The van der Waals surface area contributed by atoms with Crippen LogP contribution >= 0.6 is 0 Å². The minimum Gasteiger partial charge on any atom is -0.502 e. The number of nitrogens with zero attached hydrogens (tertiary/aromatic N) is 1. The molecule has 126 valence electrons. The van der Waals surface area contributed by atoms with Crippen molar-refractivity contribution >= 4 is 17.4 Å². The molecule has 2 amide bonds. The summed E-state index contributed by atoms with van der Waals surface area (Å²) in [7, 11) is 0. The molecule has 7 heteroatoms. The molecule has 1 aliphatic carbocycles. The Labute approximate surface area is 143 Å². The summed E-state index contributed by atoms with van der Waals surface area (Å²) in [5, 5.41) is 26.5. The van der Waals surface area contributed by atoms with E-state index in [1.54, 1.807) is 6.07 Å². The van der Waals surface area contributed by atoms with Crippen molar-refractivity contribution in [1.29, 1.82) is 0 Å². The van der Waals surface area contributed by atoms with Crippen molar-refractivity contribution in [3.05, 3.63) is 74.8 Å². The quantitative estimate of drug-likeness (QED) is 0.579. The molecular weight excluding hydrogens is 322 g/mol. The number of aryl methyl sites for hydroxylation is 1. The third-order valence-corrected chi connectivity index (χ3v) is 4.66. The first-order valence-electron chi connectivity index (χ1n) is 7.91. The lowest BCUT2D eigenvalue weighted by atomic mass is 9.83. The van der Waals surface area contributed by atoms with Crippen molar-refractivity contribution in [3.63, 3.8) is 0 Å². The molecule has 2 aromatic rings. The maximum absolute atomic E-state index is 12.2. The number of rotatable bonds is 2. The van der Waals surface area contributed by atoms with Crippen LogP contribution in [0.25, 0.3) is 5.70 Å². The molecule has 2 aromatic carbocycles. The lowest BCUT2D eigenvalue weighted by molar-refractivity contribution is -0.385. The summed E-state index contributed by atoms with van der Waals surface area (Å²) in [6.45, 7) is 0. The van der Waals surface area contributed by atoms with Crippen LogP contribution in [0, 0.1) is 10.1 Å². The Morgan fingerprint density at radius 3 is 2.76 bits per heavy atom. The van der Waals surface area contributed by atoms with Gasteiger partial charge in [-0.15, -0.1) is 0 Å². The maximum atomic E-state index is 12.2. The van der Waals surface area contributed by atoms with E-state index < -0.39 is 16.7 Å². The monoisotopic (exact) mass is 337 g/mol. The largest absolute Gasteiger partial charge is 0.502 e. The minimum atomic E-state index is -0.632. The Morgan fingerprint density at radius 2 is 1.96 bits per heavy atom. The zero-order valence-electron chi connectivity index (χ0n) is 13.2. The highest BCUT2D eigenvalue weighted by atomic mass is 16.6. The molecule has 0 fully saturated rings. The number of carbonyl (C=O) groups is 1. The van der Waals surface area contributed by atoms with Crippen LogP contribution in [0.15, 0.2) is 48.0 Å². The van der Waals surface area contributed by atoms with Gasteiger partial charge in [0.05, 0.1) is 16.7 Å². The van der Waals surface area contributed by atoms with Crippen LogP contribution in [-0.2, 0) is 6.42 Å². The van der Waals surface area contributed by atoms with Crippen LogP contribution in [0.5, 0.6) is 5.75 Å². The van der Waals surface area contributed by atoms with Gasteiger partial charge in [-0.3, -0.25) is 10.1 Å². The third-order valence-electron chi connectivity index (χ3n) is 4.66. The lowest BCUT2D eigenvalue weighted by Crippen LogP contribution is -2.44. The summed E-state index contributed by atoms with van der Waals surface area (Å²) >= 11 is 0. The second-order valence-electron chi connectivity index (χ2n) is 6.09. The van der Waals surface area contributed by atoms with E-state index in [4.69, 9.17) is 0 Å². The summed E-state index contributed by atoms with van der Waals surface area (Å²) < 4.78 is 0. The number of phenols is 1. The average Bonchev–Trinajstić information content (AvgIpc) is 2.61. The molecule has 0 bridgehead atoms. The van der Waals surface area contributed by atoms with E-state index in [9.17, 15) is 20.0 Å². The van der Waals surface area contributed by atoms with Gasteiger partial charge in [0.25, 0.3) is 0 Å². The number of amides is 2. The molecule has 7 nitrogen and oxygen atoms in total. The number of nitro groups is 1. The molecule has 4 rings (SSSR count). The predicted octanol–water partition coefficient (Wildman–Crippen LogP) is 3.01. The third kappa shape index (κ3) is 2.50. The van der Waals surface area contributed by atoms with Gasteiger partial charge in [-0.2, -0.15) is 0 Å². The molecule has 0 radical (unpaired) electrons. The molecular formula is C18H15N3O4. The number of hydrogen-bond acceptors (Lipinski definition) is 4. The van der Waals surface area contributed by atoms with E-state index >= 15 is 0 Å². The van der Waals surface area contributed by atoms with Gasteiger partial charge in [-0.25, -0.2) is 4.79 Å². The zero-order valence-corrected chi connectivity index (χ0v) is 13.2. The Hall–Kier alpha value is -3.35. The fourth-order valence-corrected chi connectivity index (χ4v) is 3.50. The molecule has 2 aliphatic rings. The summed E-state index contributed by atoms with van der Waals surface area (Å²) in [5.41, 5.74) is 4.11. The number of fused-ring (bicyclic) bond motifs is 2. The lowest BCUT2D eigenvalue weighted by Gasteiger charge is -2.34. The van der Waals surface area contributed by atoms with Crippen LogP contribution in [0.2, 0.25) is 0 Å².